The highest BCUT2D eigenvalue weighted by Crippen LogP contribution is 2.38. The van der Waals surface area contributed by atoms with Gasteiger partial charge in [-0.25, -0.2) is 0 Å². The maximum absolute atomic E-state index is 12.2. The molecule has 0 saturated heterocycles. The molecule has 0 aliphatic carbocycles. The van der Waals surface area contributed by atoms with Gasteiger partial charge >= 0.3 is 0 Å². The Morgan fingerprint density at radius 3 is 2.45 bits per heavy atom. The number of hydrogen-bond acceptors (Lipinski definition) is 2. The van der Waals surface area contributed by atoms with Crippen molar-refractivity contribution in [2.75, 3.05) is 0 Å². The first kappa shape index (κ1) is 11.8. The van der Waals surface area contributed by atoms with Crippen LogP contribution in [-0.2, 0) is 0 Å². The van der Waals surface area contributed by atoms with Crippen molar-refractivity contribution < 1.29 is 4.79 Å². The first-order chi connectivity index (χ1) is 9.74. The smallest absolute Gasteiger partial charge is 0.170 e. The molecule has 3 heteroatoms. The van der Waals surface area contributed by atoms with Gasteiger partial charge in [-0.2, -0.15) is 0 Å². The molecule has 0 saturated carbocycles. The van der Waals surface area contributed by atoms with Crippen LogP contribution < -0.4 is 0 Å². The fourth-order valence-electron chi connectivity index (χ4n) is 2.78. The molecule has 0 radical (unpaired) electrons. The Kier molecular flexibility index (Phi) is 2.51. The minimum atomic E-state index is 0.141. The Hall–Kier alpha value is -2.00. The first-order valence-electron chi connectivity index (χ1n) is 6.45. The summed E-state index contributed by atoms with van der Waals surface area (Å²) in [6.45, 7) is 0. The molecule has 0 fully saturated rings. The van der Waals surface area contributed by atoms with Gasteiger partial charge in [0.25, 0.3) is 0 Å². The largest absolute Gasteiger partial charge is 0.294 e. The van der Waals surface area contributed by atoms with E-state index in [4.69, 9.17) is 0 Å². The summed E-state index contributed by atoms with van der Waals surface area (Å²) in [7, 11) is 0. The van der Waals surface area contributed by atoms with E-state index in [1.165, 1.54) is 5.39 Å². The van der Waals surface area contributed by atoms with Crippen LogP contribution in [0.4, 0.5) is 5.69 Å². The predicted molar refractivity (Wildman–Crippen MR) is 86.3 cm³/mol. The van der Waals surface area contributed by atoms with Gasteiger partial charge in [0.2, 0.25) is 0 Å². The number of Topliss-reactive ketones (excluding diaryl/α,β-unsaturated/α-hetero) is 1. The van der Waals surface area contributed by atoms with E-state index < -0.39 is 0 Å². The average Bonchev–Trinajstić information content (AvgIpc) is 2.46. The van der Waals surface area contributed by atoms with Crippen LogP contribution >= 0.6 is 15.9 Å². The number of carbonyl (C=O) groups is 1. The highest BCUT2D eigenvalue weighted by Gasteiger charge is 2.19. The second kappa shape index (κ2) is 4.25. The zero-order valence-corrected chi connectivity index (χ0v) is 12.1. The van der Waals surface area contributed by atoms with Crippen LogP contribution in [0.15, 0.2) is 51.9 Å². The molecule has 0 bridgehead atoms. The molecule has 0 atom stereocenters. The quantitative estimate of drug-likeness (QED) is 0.532. The third-order valence-electron chi connectivity index (χ3n) is 3.72. The van der Waals surface area contributed by atoms with Crippen LogP contribution in [0, 0.1) is 0 Å². The molecule has 96 valence electrons. The summed E-state index contributed by atoms with van der Waals surface area (Å²) in [4.78, 5) is 16.6. The number of hydrogen-bond donors (Lipinski definition) is 0. The Bertz CT molecular complexity index is 912. The fourth-order valence-corrected chi connectivity index (χ4v) is 3.32. The summed E-state index contributed by atoms with van der Waals surface area (Å²) in [5, 5.41) is 4.36. The summed E-state index contributed by atoms with van der Waals surface area (Å²) in [6.07, 6.45) is 2.07. The van der Waals surface area contributed by atoms with Gasteiger partial charge < -0.3 is 0 Å². The number of nitrogens with zero attached hydrogens (tertiary/aromatic N) is 1. The van der Waals surface area contributed by atoms with Crippen LogP contribution in [0.25, 0.3) is 21.5 Å². The lowest BCUT2D eigenvalue weighted by Gasteiger charge is -2.14. The van der Waals surface area contributed by atoms with Crippen molar-refractivity contribution in [3.63, 3.8) is 0 Å². The number of fused-ring (bicyclic) bond motifs is 4. The minimum Gasteiger partial charge on any atom is -0.294 e. The third kappa shape index (κ3) is 1.63. The van der Waals surface area contributed by atoms with Crippen LogP contribution in [0.3, 0.4) is 0 Å². The van der Waals surface area contributed by atoms with Gasteiger partial charge in [0, 0.05) is 17.1 Å². The Morgan fingerprint density at radius 2 is 1.70 bits per heavy atom. The molecule has 20 heavy (non-hydrogen) atoms. The van der Waals surface area contributed by atoms with Crippen molar-refractivity contribution in [2.24, 2.45) is 4.99 Å². The molecule has 2 nitrogen and oxygen atoms in total. The number of carbonyl (C=O) groups excluding carboxylic acids is 1. The summed E-state index contributed by atoms with van der Waals surface area (Å²) in [5.74, 6) is 0.141. The monoisotopic (exact) mass is 323 g/mol. The normalized spacial score (nSPS) is 13.9. The molecular formula is C17H10BrNO. The Labute approximate surface area is 124 Å². The zero-order valence-electron chi connectivity index (χ0n) is 10.6. The molecule has 1 aliphatic rings. The van der Waals surface area contributed by atoms with Gasteiger partial charge in [-0.1, -0.05) is 40.2 Å². The fraction of sp³-hybridized carbons (Fsp3) is 0.0588. The number of rotatable bonds is 0. The second-order valence-electron chi connectivity index (χ2n) is 4.94. The van der Waals surface area contributed by atoms with Crippen LogP contribution in [0.1, 0.15) is 16.8 Å². The van der Waals surface area contributed by atoms with Gasteiger partial charge in [0.05, 0.1) is 11.3 Å². The van der Waals surface area contributed by atoms with E-state index >= 15 is 0 Å². The van der Waals surface area contributed by atoms with Crippen molar-refractivity contribution in [1.29, 1.82) is 0 Å². The summed E-state index contributed by atoms with van der Waals surface area (Å²) in [5.41, 5.74) is 1.51. The number of ketones is 1. The van der Waals surface area contributed by atoms with E-state index in [2.05, 4.69) is 45.2 Å². The highest BCUT2D eigenvalue weighted by molar-refractivity contribution is 9.10. The first-order valence-corrected chi connectivity index (χ1v) is 7.24. The lowest BCUT2D eigenvalue weighted by Crippen LogP contribution is -2.05. The molecular weight excluding hydrogens is 314 g/mol. The molecule has 0 spiro atoms. The van der Waals surface area contributed by atoms with Gasteiger partial charge in [0.1, 0.15) is 0 Å². The number of aliphatic imine (C=N–C) groups is 1. The van der Waals surface area contributed by atoms with Crippen LogP contribution in [0.2, 0.25) is 0 Å². The maximum Gasteiger partial charge on any atom is 0.170 e. The predicted octanol–water partition coefficient (Wildman–Crippen LogP) is 5.04. The second-order valence-corrected chi connectivity index (χ2v) is 5.79. The van der Waals surface area contributed by atoms with E-state index in [9.17, 15) is 4.79 Å². The van der Waals surface area contributed by atoms with Crippen molar-refractivity contribution >= 4 is 55.2 Å². The molecule has 1 heterocycles. The average molecular weight is 324 g/mol. The van der Waals surface area contributed by atoms with Crippen molar-refractivity contribution in [1.82, 2.24) is 0 Å². The van der Waals surface area contributed by atoms with E-state index in [1.54, 1.807) is 6.21 Å². The maximum atomic E-state index is 12.2. The molecule has 3 aromatic carbocycles. The molecule has 0 unspecified atom stereocenters. The summed E-state index contributed by atoms with van der Waals surface area (Å²) in [6, 6.07) is 14.3. The Balaban J connectivity index is 2.23. The van der Waals surface area contributed by atoms with Gasteiger partial charge in [-0.05, 0) is 39.7 Å². The molecule has 1 aliphatic heterocycles. The zero-order chi connectivity index (χ0) is 13.7. The summed E-state index contributed by atoms with van der Waals surface area (Å²) < 4.78 is 0.976. The molecule has 3 aromatic rings. The number of benzene rings is 3. The van der Waals surface area contributed by atoms with Crippen LogP contribution in [-0.4, -0.2) is 12.0 Å². The van der Waals surface area contributed by atoms with Gasteiger partial charge in [-0.3, -0.25) is 9.79 Å². The van der Waals surface area contributed by atoms with Crippen molar-refractivity contribution in [2.45, 2.75) is 6.42 Å². The topological polar surface area (TPSA) is 29.4 Å². The minimum absolute atomic E-state index is 0.141. The molecule has 4 rings (SSSR count). The van der Waals surface area contributed by atoms with Gasteiger partial charge in [0.15, 0.2) is 5.78 Å². The number of halogens is 1. The SMILES string of the molecule is O=C1CC=Nc2cc(Br)c3cc4ccccc4cc3c21. The van der Waals surface area contributed by atoms with Crippen molar-refractivity contribution in [3.05, 3.63) is 52.5 Å². The summed E-state index contributed by atoms with van der Waals surface area (Å²) >= 11 is 3.60. The molecule has 0 N–H and O–H groups in total. The van der Waals surface area contributed by atoms with E-state index in [0.29, 0.717) is 6.42 Å². The van der Waals surface area contributed by atoms with Crippen molar-refractivity contribution in [3.8, 4) is 0 Å². The highest BCUT2D eigenvalue weighted by atomic mass is 79.9. The standard InChI is InChI=1S/C17H10BrNO/c18-14-9-15-17(16(20)5-6-19-15)13-8-11-4-2-1-3-10(11)7-12(13)14/h1-4,6-9H,5H2. The van der Waals surface area contributed by atoms with E-state index in [-0.39, 0.29) is 5.78 Å². The van der Waals surface area contributed by atoms with E-state index in [0.717, 1.165) is 31.9 Å². The third-order valence-corrected chi connectivity index (χ3v) is 4.37. The van der Waals surface area contributed by atoms with E-state index in [1.807, 2.05) is 18.2 Å². The molecule has 0 amide bonds. The van der Waals surface area contributed by atoms with Gasteiger partial charge in [-0.15, -0.1) is 0 Å². The lowest BCUT2D eigenvalue weighted by atomic mass is 9.94. The lowest BCUT2D eigenvalue weighted by molar-refractivity contribution is 0.100. The Morgan fingerprint density at radius 1 is 1.00 bits per heavy atom. The molecule has 0 aromatic heterocycles. The van der Waals surface area contributed by atoms with Crippen LogP contribution in [0.5, 0.6) is 0 Å².